The van der Waals surface area contributed by atoms with Gasteiger partial charge in [-0.1, -0.05) is 18.2 Å². The summed E-state index contributed by atoms with van der Waals surface area (Å²) in [6.07, 6.45) is 0.910. The molecule has 0 aliphatic heterocycles. The first kappa shape index (κ1) is 13.2. The SMILES string of the molecule is CN[C@@H](CCc1ccccc1C(N)=O)C(=O)O. The third-order valence-electron chi connectivity index (χ3n) is 2.63. The number of aryl methyl sites for hydroxylation is 1. The predicted octanol–water partition coefficient (Wildman–Crippen LogP) is 0.391. The van der Waals surface area contributed by atoms with Gasteiger partial charge in [-0.3, -0.25) is 9.59 Å². The summed E-state index contributed by atoms with van der Waals surface area (Å²) < 4.78 is 0. The molecule has 17 heavy (non-hydrogen) atoms. The Balaban J connectivity index is 2.75. The van der Waals surface area contributed by atoms with Gasteiger partial charge in [0, 0.05) is 5.56 Å². The Labute approximate surface area is 99.6 Å². The van der Waals surface area contributed by atoms with E-state index in [1.807, 2.05) is 0 Å². The number of benzene rings is 1. The van der Waals surface area contributed by atoms with E-state index < -0.39 is 17.9 Å². The van der Waals surface area contributed by atoms with Crippen LogP contribution in [0, 0.1) is 0 Å². The van der Waals surface area contributed by atoms with Crippen LogP contribution in [-0.4, -0.2) is 30.1 Å². The highest BCUT2D eigenvalue weighted by atomic mass is 16.4. The van der Waals surface area contributed by atoms with E-state index in [9.17, 15) is 9.59 Å². The molecule has 0 aliphatic rings. The van der Waals surface area contributed by atoms with Gasteiger partial charge in [-0.05, 0) is 31.5 Å². The number of aliphatic carboxylic acids is 1. The zero-order valence-corrected chi connectivity index (χ0v) is 9.64. The monoisotopic (exact) mass is 236 g/mol. The average Bonchev–Trinajstić information content (AvgIpc) is 2.29. The fourth-order valence-corrected chi connectivity index (χ4v) is 1.67. The maximum Gasteiger partial charge on any atom is 0.320 e. The third kappa shape index (κ3) is 3.57. The second-order valence-corrected chi connectivity index (χ2v) is 3.74. The van der Waals surface area contributed by atoms with Crippen molar-refractivity contribution < 1.29 is 14.7 Å². The van der Waals surface area contributed by atoms with Crippen molar-refractivity contribution in [1.82, 2.24) is 5.32 Å². The van der Waals surface area contributed by atoms with Crippen molar-refractivity contribution in [2.24, 2.45) is 5.73 Å². The van der Waals surface area contributed by atoms with E-state index in [2.05, 4.69) is 5.32 Å². The van der Waals surface area contributed by atoms with Crippen LogP contribution in [0.4, 0.5) is 0 Å². The number of primary amides is 1. The Morgan fingerprint density at radius 2 is 2.06 bits per heavy atom. The first-order valence-corrected chi connectivity index (χ1v) is 5.34. The molecule has 92 valence electrons. The third-order valence-corrected chi connectivity index (χ3v) is 2.63. The molecule has 0 spiro atoms. The van der Waals surface area contributed by atoms with Gasteiger partial charge in [0.15, 0.2) is 0 Å². The minimum atomic E-state index is -0.899. The largest absolute Gasteiger partial charge is 0.480 e. The van der Waals surface area contributed by atoms with Crippen molar-refractivity contribution in [1.29, 1.82) is 0 Å². The first-order chi connectivity index (χ1) is 8.06. The minimum Gasteiger partial charge on any atom is -0.480 e. The summed E-state index contributed by atoms with van der Waals surface area (Å²) in [5.41, 5.74) is 6.47. The highest BCUT2D eigenvalue weighted by Gasteiger charge is 2.16. The molecule has 1 aromatic carbocycles. The van der Waals surface area contributed by atoms with Gasteiger partial charge < -0.3 is 16.2 Å². The standard InChI is InChI=1S/C12H16N2O3/c1-14-10(12(16)17)7-6-8-4-2-3-5-9(8)11(13)15/h2-5,10,14H,6-7H2,1H3,(H2,13,15)(H,16,17)/t10-/m0/s1. The molecule has 0 aliphatic carbocycles. The topological polar surface area (TPSA) is 92.4 Å². The molecule has 0 radical (unpaired) electrons. The summed E-state index contributed by atoms with van der Waals surface area (Å²) in [5.74, 6) is -1.39. The summed E-state index contributed by atoms with van der Waals surface area (Å²) >= 11 is 0. The lowest BCUT2D eigenvalue weighted by molar-refractivity contribution is -0.139. The summed E-state index contributed by atoms with van der Waals surface area (Å²) in [6, 6.07) is 6.35. The van der Waals surface area contributed by atoms with Gasteiger partial charge in [0.05, 0.1) is 0 Å². The van der Waals surface area contributed by atoms with Crippen LogP contribution in [0.3, 0.4) is 0 Å². The van der Waals surface area contributed by atoms with Crippen molar-refractivity contribution in [3.8, 4) is 0 Å². The van der Waals surface area contributed by atoms with E-state index >= 15 is 0 Å². The fraction of sp³-hybridized carbons (Fsp3) is 0.333. The van der Waals surface area contributed by atoms with Crippen LogP contribution < -0.4 is 11.1 Å². The van der Waals surface area contributed by atoms with Crippen molar-refractivity contribution in [3.63, 3.8) is 0 Å². The Morgan fingerprint density at radius 3 is 2.59 bits per heavy atom. The Morgan fingerprint density at radius 1 is 1.41 bits per heavy atom. The number of nitrogens with one attached hydrogen (secondary N) is 1. The number of carbonyl (C=O) groups is 2. The van der Waals surface area contributed by atoms with Crippen LogP contribution in [0.2, 0.25) is 0 Å². The number of carbonyl (C=O) groups excluding carboxylic acids is 1. The van der Waals surface area contributed by atoms with Gasteiger partial charge in [-0.15, -0.1) is 0 Å². The quantitative estimate of drug-likeness (QED) is 0.666. The lowest BCUT2D eigenvalue weighted by Gasteiger charge is -2.12. The smallest absolute Gasteiger partial charge is 0.320 e. The summed E-state index contributed by atoms with van der Waals surface area (Å²) in [4.78, 5) is 22.0. The molecule has 0 saturated heterocycles. The molecule has 4 N–H and O–H groups in total. The number of likely N-dealkylation sites (N-methyl/N-ethyl adjacent to an activating group) is 1. The molecule has 1 atom stereocenters. The molecule has 5 heteroatoms. The van der Waals surface area contributed by atoms with Crippen LogP contribution in [-0.2, 0) is 11.2 Å². The van der Waals surface area contributed by atoms with Crippen molar-refractivity contribution >= 4 is 11.9 Å². The highest BCUT2D eigenvalue weighted by molar-refractivity contribution is 5.94. The first-order valence-electron chi connectivity index (χ1n) is 5.34. The summed E-state index contributed by atoms with van der Waals surface area (Å²) in [6.45, 7) is 0. The van der Waals surface area contributed by atoms with Gasteiger partial charge in [0.25, 0.3) is 0 Å². The van der Waals surface area contributed by atoms with E-state index in [4.69, 9.17) is 10.8 Å². The number of amides is 1. The zero-order chi connectivity index (χ0) is 12.8. The molecule has 0 heterocycles. The average molecular weight is 236 g/mol. The number of carboxylic acid groups (broad SMARTS) is 1. The van der Waals surface area contributed by atoms with E-state index in [0.717, 1.165) is 5.56 Å². The second kappa shape index (κ2) is 6.00. The van der Waals surface area contributed by atoms with E-state index in [1.54, 1.807) is 31.3 Å². The van der Waals surface area contributed by atoms with Crippen LogP contribution in [0.5, 0.6) is 0 Å². The van der Waals surface area contributed by atoms with Crippen molar-refractivity contribution in [3.05, 3.63) is 35.4 Å². The van der Waals surface area contributed by atoms with Gasteiger partial charge >= 0.3 is 5.97 Å². The second-order valence-electron chi connectivity index (χ2n) is 3.74. The predicted molar refractivity (Wildman–Crippen MR) is 63.8 cm³/mol. The molecule has 0 aromatic heterocycles. The van der Waals surface area contributed by atoms with Gasteiger partial charge in [-0.2, -0.15) is 0 Å². The normalized spacial score (nSPS) is 12.1. The van der Waals surface area contributed by atoms with E-state index in [-0.39, 0.29) is 0 Å². The zero-order valence-electron chi connectivity index (χ0n) is 9.64. The number of hydrogen-bond acceptors (Lipinski definition) is 3. The van der Waals surface area contributed by atoms with Crippen molar-refractivity contribution in [2.45, 2.75) is 18.9 Å². The number of hydrogen-bond donors (Lipinski definition) is 3. The molecule has 0 saturated carbocycles. The van der Waals surface area contributed by atoms with Crippen LogP contribution in [0.1, 0.15) is 22.3 Å². The summed E-state index contributed by atoms with van der Waals surface area (Å²) in [7, 11) is 1.60. The molecular weight excluding hydrogens is 220 g/mol. The summed E-state index contributed by atoms with van der Waals surface area (Å²) in [5, 5.41) is 11.6. The lowest BCUT2D eigenvalue weighted by Crippen LogP contribution is -2.34. The van der Waals surface area contributed by atoms with Crippen LogP contribution >= 0.6 is 0 Å². The lowest BCUT2D eigenvalue weighted by atomic mass is 10.00. The minimum absolute atomic E-state index is 0.413. The maximum absolute atomic E-state index is 11.2. The van der Waals surface area contributed by atoms with E-state index in [1.165, 1.54) is 0 Å². The molecule has 1 aromatic rings. The number of rotatable bonds is 6. The molecular formula is C12H16N2O3. The van der Waals surface area contributed by atoms with Crippen LogP contribution in [0.25, 0.3) is 0 Å². The molecule has 0 bridgehead atoms. The van der Waals surface area contributed by atoms with Gasteiger partial charge in [-0.25, -0.2) is 0 Å². The number of carboxylic acids is 1. The Kier molecular flexibility index (Phi) is 4.66. The maximum atomic E-state index is 11.2. The molecule has 1 rings (SSSR count). The molecule has 5 nitrogen and oxygen atoms in total. The van der Waals surface area contributed by atoms with Gasteiger partial charge in [0.1, 0.15) is 6.04 Å². The van der Waals surface area contributed by atoms with E-state index in [0.29, 0.717) is 18.4 Å². The van der Waals surface area contributed by atoms with Gasteiger partial charge in [0.2, 0.25) is 5.91 Å². The van der Waals surface area contributed by atoms with Crippen LogP contribution in [0.15, 0.2) is 24.3 Å². The fourth-order valence-electron chi connectivity index (χ4n) is 1.67. The Bertz CT molecular complexity index is 418. The number of nitrogens with two attached hydrogens (primary N) is 1. The molecule has 0 fully saturated rings. The molecule has 0 unspecified atom stereocenters. The highest BCUT2D eigenvalue weighted by Crippen LogP contribution is 2.11. The molecule has 1 amide bonds. The Hall–Kier alpha value is -1.88. The van der Waals surface area contributed by atoms with Crippen molar-refractivity contribution in [2.75, 3.05) is 7.05 Å².